The second-order valence-electron chi connectivity index (χ2n) is 0. The quantitative estimate of drug-likeness (QED) is 0.384. The van der Waals surface area contributed by atoms with Gasteiger partial charge in [-0.05, 0) is 0 Å². The van der Waals surface area contributed by atoms with Gasteiger partial charge in [0.05, 0.1) is 0 Å². The summed E-state index contributed by atoms with van der Waals surface area (Å²) in [5.74, 6) is 0. The molecular formula is H12NaO6Pt. The average Bonchev–Trinajstić information content (AvgIpc) is 0. The Hall–Kier alpha value is 1.45. The summed E-state index contributed by atoms with van der Waals surface area (Å²) in [6.07, 6.45) is 0. The molecular weight excluding hydrogens is 314 g/mol. The van der Waals surface area contributed by atoms with Gasteiger partial charge in [0.15, 0.2) is 0 Å². The maximum atomic E-state index is 0. The monoisotopic (exact) mass is 326 g/mol. The Morgan fingerprint density at radius 2 is 0.375 bits per heavy atom. The fraction of sp³-hybridized carbons (Fsp3) is 0. The van der Waals surface area contributed by atoms with Gasteiger partial charge in [-0.3, -0.25) is 0 Å². The molecule has 0 fully saturated rings. The Balaban J connectivity index is 0. The molecule has 8 heavy (non-hydrogen) atoms. The Kier molecular flexibility index (Phi) is 8980. The zero-order valence-corrected chi connectivity index (χ0v) is 8.59. The summed E-state index contributed by atoms with van der Waals surface area (Å²) in [4.78, 5) is 0. The van der Waals surface area contributed by atoms with Crippen molar-refractivity contribution in [3.63, 3.8) is 0 Å². The molecule has 0 unspecified atom stereocenters. The maximum absolute atomic E-state index is 0. The Bertz CT molecular complexity index is 8.49. The summed E-state index contributed by atoms with van der Waals surface area (Å²) in [7, 11) is 0. The summed E-state index contributed by atoms with van der Waals surface area (Å²) in [6, 6.07) is 0. The molecule has 0 rings (SSSR count). The Morgan fingerprint density at radius 3 is 0.375 bits per heavy atom. The predicted molar refractivity (Wildman–Crippen MR) is 27.4 cm³/mol. The minimum atomic E-state index is 0. The topological polar surface area (TPSA) is 189 Å². The zero-order chi connectivity index (χ0) is 0. The van der Waals surface area contributed by atoms with Gasteiger partial charge in [-0.25, -0.2) is 0 Å². The Labute approximate surface area is 83.1 Å². The first-order valence-electron chi connectivity index (χ1n) is 0. The number of hydrogen-bond donors (Lipinski definition) is 0. The molecule has 8 heteroatoms. The normalized spacial score (nSPS) is 0. The third kappa shape index (κ3) is 148. The molecule has 0 saturated heterocycles. The van der Waals surface area contributed by atoms with Crippen LogP contribution in [0.3, 0.4) is 0 Å². The van der Waals surface area contributed by atoms with E-state index in [0.29, 0.717) is 0 Å². The summed E-state index contributed by atoms with van der Waals surface area (Å²) in [6.45, 7) is 0. The van der Waals surface area contributed by atoms with Gasteiger partial charge in [0, 0.05) is 50.6 Å². The van der Waals surface area contributed by atoms with Crippen LogP contribution in [0.1, 0.15) is 0 Å². The van der Waals surface area contributed by atoms with Gasteiger partial charge in [-0.1, -0.05) is 0 Å². The van der Waals surface area contributed by atoms with Crippen molar-refractivity contribution in [2.75, 3.05) is 0 Å². The van der Waals surface area contributed by atoms with Crippen LogP contribution in [-0.2, 0) is 21.1 Å². The van der Waals surface area contributed by atoms with Crippen molar-refractivity contribution in [1.82, 2.24) is 0 Å². The third-order valence-corrected chi connectivity index (χ3v) is 0. The summed E-state index contributed by atoms with van der Waals surface area (Å²) in [5, 5.41) is 0. The van der Waals surface area contributed by atoms with Crippen molar-refractivity contribution in [1.29, 1.82) is 0 Å². The minimum Gasteiger partial charge on any atom is -0.412 e. The van der Waals surface area contributed by atoms with E-state index in [-0.39, 0.29) is 83.5 Å². The molecule has 0 bridgehead atoms. The van der Waals surface area contributed by atoms with E-state index in [0.717, 1.165) is 0 Å². The smallest absolute Gasteiger partial charge is 0 e. The first-order chi connectivity index (χ1) is 0. The maximum Gasteiger partial charge on any atom is 0 e. The second-order valence-corrected chi connectivity index (χ2v) is 0. The van der Waals surface area contributed by atoms with Crippen molar-refractivity contribution in [2.45, 2.75) is 0 Å². The Morgan fingerprint density at radius 1 is 0.375 bits per heavy atom. The van der Waals surface area contributed by atoms with Crippen LogP contribution in [0, 0.1) is 0 Å². The molecule has 12 N–H and O–H groups in total. The van der Waals surface area contributed by atoms with E-state index in [1.807, 2.05) is 0 Å². The van der Waals surface area contributed by atoms with Crippen LogP contribution in [0.4, 0.5) is 0 Å². The fourth-order valence-corrected chi connectivity index (χ4v) is 0. The van der Waals surface area contributed by atoms with Gasteiger partial charge in [0.25, 0.3) is 0 Å². The van der Waals surface area contributed by atoms with Gasteiger partial charge in [0.1, 0.15) is 0 Å². The molecule has 0 saturated carbocycles. The molecule has 1 radical (unpaired) electrons. The van der Waals surface area contributed by atoms with E-state index < -0.39 is 0 Å². The molecule has 0 aromatic rings. The van der Waals surface area contributed by atoms with Crippen molar-refractivity contribution in [2.24, 2.45) is 0 Å². The van der Waals surface area contributed by atoms with Crippen LogP contribution in [0.5, 0.6) is 0 Å². The predicted octanol–water partition coefficient (Wildman–Crippen LogP) is -5.33. The number of rotatable bonds is 0. The minimum absolute atomic E-state index is 0. The molecule has 0 aliphatic rings. The molecule has 0 heterocycles. The fourth-order valence-electron chi connectivity index (χ4n) is 0. The van der Waals surface area contributed by atoms with E-state index in [2.05, 4.69) is 0 Å². The van der Waals surface area contributed by atoms with E-state index in [1.165, 1.54) is 0 Å². The third-order valence-electron chi connectivity index (χ3n) is 0. The van der Waals surface area contributed by atoms with Crippen LogP contribution >= 0.6 is 0 Å². The van der Waals surface area contributed by atoms with Crippen molar-refractivity contribution >= 4 is 29.6 Å². The van der Waals surface area contributed by atoms with Gasteiger partial charge in [-0.15, -0.1) is 0 Å². The molecule has 0 spiro atoms. The largest absolute Gasteiger partial charge is 0.412 e. The van der Waals surface area contributed by atoms with Crippen LogP contribution in [-0.4, -0.2) is 62.4 Å². The van der Waals surface area contributed by atoms with Gasteiger partial charge in [-0.2, -0.15) is 0 Å². The van der Waals surface area contributed by atoms with Gasteiger partial charge >= 0.3 is 0 Å². The molecule has 0 aromatic carbocycles. The van der Waals surface area contributed by atoms with Crippen molar-refractivity contribution in [3.8, 4) is 0 Å². The van der Waals surface area contributed by atoms with Crippen LogP contribution in [0.2, 0.25) is 0 Å². The number of hydrogen-bond acceptors (Lipinski definition) is 0. The van der Waals surface area contributed by atoms with Crippen LogP contribution in [0.25, 0.3) is 0 Å². The first kappa shape index (κ1) is 321. The zero-order valence-electron chi connectivity index (χ0n) is 4.32. The summed E-state index contributed by atoms with van der Waals surface area (Å²) < 4.78 is 0. The van der Waals surface area contributed by atoms with Crippen molar-refractivity contribution < 1.29 is 53.9 Å². The molecule has 0 aliphatic carbocycles. The average molecular weight is 326 g/mol. The summed E-state index contributed by atoms with van der Waals surface area (Å²) in [5.41, 5.74) is 0. The molecule has 6 nitrogen and oxygen atoms in total. The van der Waals surface area contributed by atoms with Gasteiger partial charge < -0.3 is 32.9 Å². The second kappa shape index (κ2) is 223. The van der Waals surface area contributed by atoms with Crippen molar-refractivity contribution in [3.05, 3.63) is 0 Å². The van der Waals surface area contributed by atoms with E-state index in [1.54, 1.807) is 0 Å². The molecule has 0 atom stereocenters. The molecule has 0 aliphatic heterocycles. The first-order valence-corrected chi connectivity index (χ1v) is 0. The molecule has 0 aromatic heterocycles. The SMILES string of the molecule is O.O.O.O.O.O.[Na].[Pt]. The van der Waals surface area contributed by atoms with E-state index in [4.69, 9.17) is 0 Å². The molecule has 59 valence electrons. The van der Waals surface area contributed by atoms with E-state index in [9.17, 15) is 0 Å². The summed E-state index contributed by atoms with van der Waals surface area (Å²) >= 11 is 0. The molecule has 0 amide bonds. The van der Waals surface area contributed by atoms with Gasteiger partial charge in [0.2, 0.25) is 0 Å². The van der Waals surface area contributed by atoms with Crippen LogP contribution < -0.4 is 0 Å². The standard InChI is InChI=1S/Na.6H2O.Pt/h;6*1H2;. The van der Waals surface area contributed by atoms with E-state index >= 15 is 0 Å². The van der Waals surface area contributed by atoms with Crippen LogP contribution in [0.15, 0.2) is 0 Å².